The van der Waals surface area contributed by atoms with Crippen LogP contribution in [0.4, 0.5) is 5.69 Å². The summed E-state index contributed by atoms with van der Waals surface area (Å²) in [6.45, 7) is 3.66. The van der Waals surface area contributed by atoms with Gasteiger partial charge in [-0.25, -0.2) is 9.67 Å². The summed E-state index contributed by atoms with van der Waals surface area (Å²) in [4.78, 5) is 30.4. The van der Waals surface area contributed by atoms with Crippen LogP contribution in [-0.2, 0) is 14.3 Å². The minimum absolute atomic E-state index is 0.177. The van der Waals surface area contributed by atoms with E-state index in [4.69, 9.17) is 16.3 Å². The van der Waals surface area contributed by atoms with Gasteiger partial charge in [0.05, 0.1) is 30.4 Å². The monoisotopic (exact) mass is 391 g/mol. The van der Waals surface area contributed by atoms with Gasteiger partial charge in [-0.15, -0.1) is 0 Å². The number of carbonyl (C=O) groups is 2. The highest BCUT2D eigenvalue weighted by atomic mass is 35.5. The van der Waals surface area contributed by atoms with Crippen LogP contribution in [0.5, 0.6) is 0 Å². The molecule has 1 fully saturated rings. The van der Waals surface area contributed by atoms with Gasteiger partial charge in [0.15, 0.2) is 0 Å². The zero-order chi connectivity index (χ0) is 19.2. The molecule has 3 rings (SSSR count). The fourth-order valence-electron chi connectivity index (χ4n) is 3.19. The Bertz CT molecular complexity index is 796. The first-order chi connectivity index (χ1) is 13.1. The lowest BCUT2D eigenvalue weighted by atomic mass is 9.98. The number of aromatic nitrogens is 3. The number of halogens is 1. The summed E-state index contributed by atoms with van der Waals surface area (Å²) in [5.74, 6) is -0.544. The van der Waals surface area contributed by atoms with Crippen molar-refractivity contribution >= 4 is 29.2 Å². The van der Waals surface area contributed by atoms with E-state index in [1.165, 1.54) is 6.33 Å². The second-order valence-corrected chi connectivity index (χ2v) is 6.81. The second kappa shape index (κ2) is 8.96. The van der Waals surface area contributed by atoms with Crippen molar-refractivity contribution in [1.29, 1.82) is 0 Å². The third-order valence-corrected chi connectivity index (χ3v) is 4.63. The molecule has 0 aliphatic carbocycles. The number of amides is 1. The third-order valence-electron chi connectivity index (χ3n) is 4.39. The minimum Gasteiger partial charge on any atom is -0.466 e. The molecule has 1 N–H and O–H groups in total. The number of anilines is 1. The van der Waals surface area contributed by atoms with Crippen LogP contribution in [0, 0.1) is 5.92 Å². The molecule has 1 aliphatic rings. The highest BCUT2D eigenvalue weighted by molar-refractivity contribution is 6.31. The molecular weight excluding hydrogens is 370 g/mol. The Morgan fingerprint density at radius 1 is 1.41 bits per heavy atom. The number of ether oxygens (including phenoxy) is 1. The Morgan fingerprint density at radius 3 is 3.00 bits per heavy atom. The largest absolute Gasteiger partial charge is 0.466 e. The molecule has 8 nitrogen and oxygen atoms in total. The number of benzene rings is 1. The fourth-order valence-corrected chi connectivity index (χ4v) is 3.36. The molecule has 0 unspecified atom stereocenters. The van der Waals surface area contributed by atoms with Crippen LogP contribution in [0.15, 0.2) is 30.9 Å². The number of rotatable bonds is 6. The number of nitrogens with zero attached hydrogens (tertiary/aromatic N) is 4. The topological polar surface area (TPSA) is 89.4 Å². The van der Waals surface area contributed by atoms with Gasteiger partial charge in [0.1, 0.15) is 12.7 Å². The predicted molar refractivity (Wildman–Crippen MR) is 101 cm³/mol. The molecule has 9 heteroatoms. The Balaban J connectivity index is 1.64. The Labute approximate surface area is 162 Å². The van der Waals surface area contributed by atoms with Gasteiger partial charge in [-0.05, 0) is 44.5 Å². The summed E-state index contributed by atoms with van der Waals surface area (Å²) in [7, 11) is 0. The van der Waals surface area contributed by atoms with Crippen LogP contribution in [-0.4, -0.2) is 57.8 Å². The predicted octanol–water partition coefficient (Wildman–Crippen LogP) is 2.13. The van der Waals surface area contributed by atoms with E-state index in [0.29, 0.717) is 29.5 Å². The maximum atomic E-state index is 12.6. The van der Waals surface area contributed by atoms with E-state index < -0.39 is 0 Å². The minimum atomic E-state index is -0.189. The third kappa shape index (κ3) is 5.05. The van der Waals surface area contributed by atoms with Gasteiger partial charge in [-0.3, -0.25) is 14.5 Å². The molecule has 2 aromatic rings. The highest BCUT2D eigenvalue weighted by Gasteiger charge is 2.27. The van der Waals surface area contributed by atoms with Crippen LogP contribution in [0.2, 0.25) is 5.02 Å². The summed E-state index contributed by atoms with van der Waals surface area (Å²) in [6.07, 6.45) is 4.62. The lowest BCUT2D eigenvalue weighted by molar-refractivity contribution is -0.150. The van der Waals surface area contributed by atoms with Crippen LogP contribution < -0.4 is 5.32 Å². The van der Waals surface area contributed by atoms with E-state index in [0.717, 1.165) is 19.4 Å². The van der Waals surface area contributed by atoms with Crippen LogP contribution in [0.1, 0.15) is 19.8 Å². The van der Waals surface area contributed by atoms with Crippen LogP contribution >= 0.6 is 11.6 Å². The number of hydrogen-bond donors (Lipinski definition) is 1. The molecule has 2 heterocycles. The second-order valence-electron chi connectivity index (χ2n) is 6.38. The Kier molecular flexibility index (Phi) is 6.41. The molecule has 144 valence electrons. The van der Waals surface area contributed by atoms with Crippen molar-refractivity contribution in [3.05, 3.63) is 35.9 Å². The molecule has 0 saturated carbocycles. The van der Waals surface area contributed by atoms with Crippen molar-refractivity contribution in [1.82, 2.24) is 19.7 Å². The number of nitrogens with one attached hydrogen (secondary N) is 1. The maximum absolute atomic E-state index is 12.6. The molecule has 27 heavy (non-hydrogen) atoms. The van der Waals surface area contributed by atoms with Gasteiger partial charge in [-0.1, -0.05) is 11.6 Å². The molecule has 0 spiro atoms. The molecule has 1 amide bonds. The number of likely N-dealkylation sites (tertiary alicyclic amines) is 1. The molecule has 0 bridgehead atoms. The lowest BCUT2D eigenvalue weighted by Gasteiger charge is -2.30. The average Bonchev–Trinajstić information content (AvgIpc) is 3.16. The quantitative estimate of drug-likeness (QED) is 0.759. The van der Waals surface area contributed by atoms with Gasteiger partial charge >= 0.3 is 5.97 Å². The average molecular weight is 392 g/mol. The number of hydrogen-bond acceptors (Lipinski definition) is 6. The number of carbonyl (C=O) groups excluding carboxylic acids is 2. The van der Waals surface area contributed by atoms with Gasteiger partial charge < -0.3 is 10.1 Å². The molecule has 0 radical (unpaired) electrons. The zero-order valence-electron chi connectivity index (χ0n) is 15.1. The van der Waals surface area contributed by atoms with Gasteiger partial charge in [-0.2, -0.15) is 5.10 Å². The number of piperidine rings is 1. The number of esters is 1. The van der Waals surface area contributed by atoms with E-state index in [-0.39, 0.29) is 24.3 Å². The SMILES string of the molecule is CCOC(=O)[C@@H]1CCCN(CC(=O)Nc2cc(Cl)ccc2-n2cncn2)C1. The zero-order valence-corrected chi connectivity index (χ0v) is 15.9. The molecular formula is C18H22ClN5O3. The van der Waals surface area contributed by atoms with E-state index >= 15 is 0 Å². The normalized spacial score (nSPS) is 17.5. The fraction of sp³-hybridized carbons (Fsp3) is 0.444. The van der Waals surface area contributed by atoms with Gasteiger partial charge in [0.2, 0.25) is 5.91 Å². The Hall–Kier alpha value is -2.45. The van der Waals surface area contributed by atoms with Crippen molar-refractivity contribution < 1.29 is 14.3 Å². The van der Waals surface area contributed by atoms with Crippen molar-refractivity contribution in [3.8, 4) is 5.69 Å². The van der Waals surface area contributed by atoms with Crippen LogP contribution in [0.3, 0.4) is 0 Å². The van der Waals surface area contributed by atoms with Crippen LogP contribution in [0.25, 0.3) is 5.69 Å². The summed E-state index contributed by atoms with van der Waals surface area (Å²) < 4.78 is 6.66. The molecule has 1 aromatic carbocycles. The van der Waals surface area contributed by atoms with Gasteiger partial charge in [0, 0.05) is 11.6 Å². The van der Waals surface area contributed by atoms with E-state index in [9.17, 15) is 9.59 Å². The van der Waals surface area contributed by atoms with Crippen molar-refractivity contribution in [2.24, 2.45) is 5.92 Å². The molecule has 1 saturated heterocycles. The summed E-state index contributed by atoms with van der Waals surface area (Å²) in [5.41, 5.74) is 1.23. The Morgan fingerprint density at radius 2 is 2.26 bits per heavy atom. The van der Waals surface area contributed by atoms with E-state index in [1.54, 1.807) is 36.1 Å². The van der Waals surface area contributed by atoms with E-state index in [2.05, 4.69) is 15.4 Å². The smallest absolute Gasteiger partial charge is 0.310 e. The first-order valence-corrected chi connectivity index (χ1v) is 9.28. The lowest BCUT2D eigenvalue weighted by Crippen LogP contribution is -2.43. The molecule has 1 aromatic heterocycles. The standard InChI is InChI=1S/C18H22ClN5O3/c1-2-27-18(26)13-4-3-7-23(9-13)10-17(25)22-15-8-14(19)5-6-16(15)24-12-20-11-21-24/h5-6,8,11-13H,2-4,7,9-10H2,1H3,(H,22,25)/t13-/m1/s1. The first kappa shape index (κ1) is 19.3. The molecule has 1 atom stereocenters. The first-order valence-electron chi connectivity index (χ1n) is 8.90. The summed E-state index contributed by atoms with van der Waals surface area (Å²) >= 11 is 6.08. The highest BCUT2D eigenvalue weighted by Crippen LogP contribution is 2.24. The van der Waals surface area contributed by atoms with Crippen molar-refractivity contribution in [2.45, 2.75) is 19.8 Å². The summed E-state index contributed by atoms with van der Waals surface area (Å²) in [5, 5.41) is 7.49. The molecule has 1 aliphatic heterocycles. The van der Waals surface area contributed by atoms with Gasteiger partial charge in [0.25, 0.3) is 0 Å². The maximum Gasteiger partial charge on any atom is 0.310 e. The van der Waals surface area contributed by atoms with Crippen molar-refractivity contribution in [2.75, 3.05) is 31.6 Å². The van der Waals surface area contributed by atoms with E-state index in [1.807, 2.05) is 4.90 Å². The summed E-state index contributed by atoms with van der Waals surface area (Å²) in [6, 6.07) is 5.17. The van der Waals surface area contributed by atoms with Crippen molar-refractivity contribution in [3.63, 3.8) is 0 Å².